The first kappa shape index (κ1) is 19.6. The lowest BCUT2D eigenvalue weighted by molar-refractivity contribution is -0.153. The lowest BCUT2D eigenvalue weighted by Crippen LogP contribution is -2.19. The molecule has 0 spiro atoms. The van der Waals surface area contributed by atoms with Crippen molar-refractivity contribution < 1.29 is 32.2 Å². The van der Waals surface area contributed by atoms with Gasteiger partial charge in [0.25, 0.3) is 5.91 Å². The molecule has 0 aliphatic rings. The molecule has 10 heteroatoms. The van der Waals surface area contributed by atoms with Crippen molar-refractivity contribution in [1.82, 2.24) is 4.98 Å². The van der Waals surface area contributed by atoms with Gasteiger partial charge in [0.2, 0.25) is 0 Å². The number of ether oxygens (including phenoxy) is 2. The summed E-state index contributed by atoms with van der Waals surface area (Å²) in [5.41, 5.74) is 0.963. The highest BCUT2D eigenvalue weighted by molar-refractivity contribution is 7.22. The molecule has 3 rings (SSSR count). The number of esters is 1. The summed E-state index contributed by atoms with van der Waals surface area (Å²) in [6, 6.07) is 10.3. The summed E-state index contributed by atoms with van der Waals surface area (Å²) in [6.45, 7) is -1.39. The number of halogens is 3. The fraction of sp³-hybridized carbons (Fsp3) is 0.167. The van der Waals surface area contributed by atoms with Crippen molar-refractivity contribution in [3.05, 3.63) is 53.6 Å². The van der Waals surface area contributed by atoms with Crippen molar-refractivity contribution in [2.24, 2.45) is 0 Å². The number of hydrogen-bond donors (Lipinski definition) is 1. The molecule has 6 nitrogen and oxygen atoms in total. The quantitative estimate of drug-likeness (QED) is 0.636. The average molecular weight is 410 g/mol. The minimum absolute atomic E-state index is 0.0529. The lowest BCUT2D eigenvalue weighted by atomic mass is 10.1. The standard InChI is InChI=1S/C18H13F3N2O4S/c1-26-16(25)11-4-2-3-10(7-11)15(24)23-17-22-13-6-5-12(8-14(13)28-17)27-9-18(19,20)21/h2-8H,9H2,1H3,(H,22,23,24). The van der Waals surface area contributed by atoms with Crippen molar-refractivity contribution in [2.75, 3.05) is 19.0 Å². The number of amides is 1. The Bertz CT molecular complexity index is 1030. The SMILES string of the molecule is COC(=O)c1cccc(C(=O)Nc2nc3ccc(OCC(F)(F)F)cc3s2)c1. The number of aromatic nitrogens is 1. The normalized spacial score (nSPS) is 11.3. The van der Waals surface area contributed by atoms with Crippen molar-refractivity contribution >= 4 is 38.6 Å². The fourth-order valence-corrected chi connectivity index (χ4v) is 3.18. The van der Waals surface area contributed by atoms with Crippen LogP contribution in [0.3, 0.4) is 0 Å². The number of benzene rings is 2. The van der Waals surface area contributed by atoms with Gasteiger partial charge in [-0.25, -0.2) is 9.78 Å². The van der Waals surface area contributed by atoms with E-state index in [0.29, 0.717) is 10.2 Å². The van der Waals surface area contributed by atoms with E-state index < -0.39 is 24.7 Å². The van der Waals surface area contributed by atoms with Gasteiger partial charge in [-0.15, -0.1) is 0 Å². The van der Waals surface area contributed by atoms with E-state index in [1.807, 2.05) is 0 Å². The zero-order valence-electron chi connectivity index (χ0n) is 14.4. The number of anilines is 1. The zero-order valence-corrected chi connectivity index (χ0v) is 15.2. The summed E-state index contributed by atoms with van der Waals surface area (Å²) in [5.74, 6) is -1.00. The van der Waals surface area contributed by atoms with Gasteiger partial charge in [0.15, 0.2) is 11.7 Å². The van der Waals surface area contributed by atoms with Crippen LogP contribution in [-0.2, 0) is 4.74 Å². The Hall–Kier alpha value is -3.14. The van der Waals surface area contributed by atoms with Crippen molar-refractivity contribution in [3.8, 4) is 5.75 Å². The Balaban J connectivity index is 1.75. The van der Waals surface area contributed by atoms with Crippen molar-refractivity contribution in [2.45, 2.75) is 6.18 Å². The Morgan fingerprint density at radius 3 is 2.61 bits per heavy atom. The van der Waals surface area contributed by atoms with Crippen LogP contribution in [0.25, 0.3) is 10.2 Å². The van der Waals surface area contributed by atoms with Gasteiger partial charge in [0, 0.05) is 5.56 Å². The lowest BCUT2D eigenvalue weighted by Gasteiger charge is -2.08. The van der Waals surface area contributed by atoms with Crippen LogP contribution in [0.2, 0.25) is 0 Å². The smallest absolute Gasteiger partial charge is 0.422 e. The van der Waals surface area contributed by atoms with E-state index in [0.717, 1.165) is 11.3 Å². The predicted molar refractivity (Wildman–Crippen MR) is 96.9 cm³/mol. The number of thiazole rings is 1. The maximum absolute atomic E-state index is 12.4. The third-order valence-corrected chi connectivity index (χ3v) is 4.46. The van der Waals surface area contributed by atoms with Gasteiger partial charge in [0.05, 0.1) is 22.9 Å². The molecule has 146 valence electrons. The van der Waals surface area contributed by atoms with E-state index in [9.17, 15) is 22.8 Å². The first-order chi connectivity index (χ1) is 13.2. The van der Waals surface area contributed by atoms with Gasteiger partial charge in [0.1, 0.15) is 5.75 Å². The van der Waals surface area contributed by atoms with E-state index in [2.05, 4.69) is 15.0 Å². The Labute approximate surface area is 160 Å². The second-order valence-corrected chi connectivity index (χ2v) is 6.61. The largest absolute Gasteiger partial charge is 0.484 e. The Kier molecular flexibility index (Phi) is 5.50. The molecule has 0 fully saturated rings. The second-order valence-electron chi connectivity index (χ2n) is 5.58. The minimum Gasteiger partial charge on any atom is -0.484 e. The molecule has 0 saturated carbocycles. The van der Waals surface area contributed by atoms with E-state index in [1.54, 1.807) is 6.07 Å². The van der Waals surface area contributed by atoms with Crippen LogP contribution < -0.4 is 10.1 Å². The summed E-state index contributed by atoms with van der Waals surface area (Å²) < 4.78 is 46.6. The van der Waals surface area contributed by atoms with Gasteiger partial charge in [-0.2, -0.15) is 13.2 Å². The first-order valence-corrected chi connectivity index (χ1v) is 8.67. The topological polar surface area (TPSA) is 77.5 Å². The number of nitrogens with one attached hydrogen (secondary N) is 1. The number of carbonyl (C=O) groups is 2. The van der Waals surface area contributed by atoms with Crippen LogP contribution in [0.4, 0.5) is 18.3 Å². The molecule has 3 aromatic rings. The molecule has 0 unspecified atom stereocenters. The van der Waals surface area contributed by atoms with Crippen LogP contribution in [0.15, 0.2) is 42.5 Å². The van der Waals surface area contributed by atoms with Gasteiger partial charge < -0.3 is 9.47 Å². The molecule has 0 radical (unpaired) electrons. The van der Waals surface area contributed by atoms with Crippen molar-refractivity contribution in [1.29, 1.82) is 0 Å². The molecule has 28 heavy (non-hydrogen) atoms. The van der Waals surface area contributed by atoms with Gasteiger partial charge in [-0.3, -0.25) is 10.1 Å². The molecule has 1 heterocycles. The van der Waals surface area contributed by atoms with E-state index >= 15 is 0 Å². The van der Waals surface area contributed by atoms with Crippen molar-refractivity contribution in [3.63, 3.8) is 0 Å². The third kappa shape index (κ3) is 4.77. The maximum Gasteiger partial charge on any atom is 0.422 e. The van der Waals surface area contributed by atoms with Crippen LogP contribution >= 0.6 is 11.3 Å². The number of nitrogens with zero attached hydrogens (tertiary/aromatic N) is 1. The molecular formula is C18H13F3N2O4S. The van der Waals surface area contributed by atoms with Crippen LogP contribution in [0.5, 0.6) is 5.75 Å². The molecule has 1 amide bonds. The molecule has 1 aromatic heterocycles. The summed E-state index contributed by atoms with van der Waals surface area (Å²) >= 11 is 1.09. The third-order valence-electron chi connectivity index (χ3n) is 3.53. The number of carbonyl (C=O) groups excluding carboxylic acids is 2. The molecule has 2 aromatic carbocycles. The molecular weight excluding hydrogens is 397 g/mol. The monoisotopic (exact) mass is 410 g/mol. The number of methoxy groups -OCH3 is 1. The number of fused-ring (bicyclic) bond motifs is 1. The van der Waals surface area contributed by atoms with Gasteiger partial charge in [-0.05, 0) is 36.4 Å². The zero-order chi connectivity index (χ0) is 20.3. The number of hydrogen-bond acceptors (Lipinski definition) is 6. The second kappa shape index (κ2) is 7.85. The molecule has 0 aliphatic carbocycles. The van der Waals surface area contributed by atoms with E-state index in [1.165, 1.54) is 43.5 Å². The fourth-order valence-electron chi connectivity index (χ4n) is 2.29. The highest BCUT2D eigenvalue weighted by Gasteiger charge is 2.28. The molecule has 0 aliphatic heterocycles. The minimum atomic E-state index is -4.43. The summed E-state index contributed by atoms with van der Waals surface area (Å²) in [7, 11) is 1.24. The van der Waals surface area contributed by atoms with Crippen LogP contribution in [-0.4, -0.2) is 36.8 Å². The maximum atomic E-state index is 12.4. The predicted octanol–water partition coefficient (Wildman–Crippen LogP) is 4.28. The average Bonchev–Trinajstić information content (AvgIpc) is 3.06. The Morgan fingerprint density at radius 2 is 1.89 bits per heavy atom. The van der Waals surface area contributed by atoms with Gasteiger partial charge >= 0.3 is 12.1 Å². The summed E-state index contributed by atoms with van der Waals surface area (Å²) in [5, 5.41) is 2.86. The molecule has 0 bridgehead atoms. The molecule has 0 saturated heterocycles. The van der Waals surface area contributed by atoms with Gasteiger partial charge in [-0.1, -0.05) is 17.4 Å². The Morgan fingerprint density at radius 1 is 1.14 bits per heavy atom. The summed E-state index contributed by atoms with van der Waals surface area (Å²) in [4.78, 5) is 28.2. The van der Waals surface area contributed by atoms with E-state index in [4.69, 9.17) is 4.74 Å². The van der Waals surface area contributed by atoms with E-state index in [-0.39, 0.29) is 22.0 Å². The molecule has 0 atom stereocenters. The highest BCUT2D eigenvalue weighted by Crippen LogP contribution is 2.30. The first-order valence-electron chi connectivity index (χ1n) is 7.85. The summed E-state index contributed by atoms with van der Waals surface area (Å²) in [6.07, 6.45) is -4.43. The van der Waals surface area contributed by atoms with Crippen LogP contribution in [0, 0.1) is 0 Å². The number of alkyl halides is 3. The highest BCUT2D eigenvalue weighted by atomic mass is 32.1. The number of rotatable bonds is 5. The molecule has 1 N–H and O–H groups in total. The van der Waals surface area contributed by atoms with Crippen LogP contribution in [0.1, 0.15) is 20.7 Å².